The number of nitrogens with one attached hydrogen (secondary N) is 1. The molecule has 0 aliphatic heterocycles. The molecule has 3 N–H and O–H groups in total. The summed E-state index contributed by atoms with van der Waals surface area (Å²) in [6.45, 7) is 4.86. The lowest BCUT2D eigenvalue weighted by Crippen LogP contribution is -2.46. The van der Waals surface area contributed by atoms with Crippen LogP contribution in [-0.4, -0.2) is 73.4 Å². The van der Waals surface area contributed by atoms with Crippen LogP contribution in [-0.2, 0) is 18.4 Å². The molecule has 0 aliphatic rings. The average molecular weight is 748 g/mol. The van der Waals surface area contributed by atoms with Crippen molar-refractivity contribution < 1.29 is 32.9 Å². The zero-order valence-electron chi connectivity index (χ0n) is 34.6. The van der Waals surface area contributed by atoms with Gasteiger partial charge in [0.25, 0.3) is 0 Å². The first-order valence-electron chi connectivity index (χ1n) is 21.9. The first-order chi connectivity index (χ1) is 24.5. The van der Waals surface area contributed by atoms with E-state index in [1.54, 1.807) is 0 Å². The van der Waals surface area contributed by atoms with Gasteiger partial charge in [0.15, 0.2) is 0 Å². The SMILES string of the molecule is CCCCCCCCCCCCCCCCCCCCCCCCC(O)C(COP(=O)(O)OCC[N+](C)(C)C)NC(=O)CCCCCCCCC. The number of aliphatic hydroxyl groups is 1. The number of quaternary nitrogens is 1. The Morgan fingerprint density at radius 3 is 1.31 bits per heavy atom. The van der Waals surface area contributed by atoms with Gasteiger partial charge in [-0.1, -0.05) is 194 Å². The zero-order valence-corrected chi connectivity index (χ0v) is 35.5. The quantitative estimate of drug-likeness (QED) is 0.0327. The second kappa shape index (κ2) is 35.2. The van der Waals surface area contributed by atoms with Crippen LogP contribution in [0.2, 0.25) is 0 Å². The van der Waals surface area contributed by atoms with Gasteiger partial charge in [0.1, 0.15) is 13.2 Å². The second-order valence-electron chi connectivity index (χ2n) is 16.4. The fourth-order valence-electron chi connectivity index (χ4n) is 6.58. The predicted octanol–water partition coefficient (Wildman–Crippen LogP) is 11.8. The lowest BCUT2D eigenvalue weighted by atomic mass is 10.0. The topological polar surface area (TPSA) is 105 Å². The predicted molar refractivity (Wildman–Crippen MR) is 217 cm³/mol. The van der Waals surface area contributed by atoms with Crippen LogP contribution in [0, 0.1) is 0 Å². The molecule has 1 amide bonds. The number of aliphatic hydroxyl groups excluding tert-OH is 1. The Morgan fingerprint density at radius 2 is 0.941 bits per heavy atom. The Balaban J connectivity index is 4.13. The maximum absolute atomic E-state index is 12.7. The number of phosphoric acid groups is 1. The van der Waals surface area contributed by atoms with Crippen LogP contribution in [0.1, 0.15) is 213 Å². The third-order valence-electron chi connectivity index (χ3n) is 10.1. The van der Waals surface area contributed by atoms with Crippen molar-refractivity contribution in [3.63, 3.8) is 0 Å². The number of carbonyl (C=O) groups is 1. The highest BCUT2D eigenvalue weighted by Gasteiger charge is 2.28. The summed E-state index contributed by atoms with van der Waals surface area (Å²) in [4.78, 5) is 22.9. The van der Waals surface area contributed by atoms with Gasteiger partial charge < -0.3 is 19.8 Å². The van der Waals surface area contributed by atoms with Crippen molar-refractivity contribution in [2.45, 2.75) is 225 Å². The van der Waals surface area contributed by atoms with Crippen LogP contribution in [0.3, 0.4) is 0 Å². The van der Waals surface area contributed by atoms with E-state index in [1.165, 1.54) is 148 Å². The molecule has 9 heteroatoms. The van der Waals surface area contributed by atoms with Gasteiger partial charge in [0.2, 0.25) is 5.91 Å². The van der Waals surface area contributed by atoms with E-state index in [4.69, 9.17) is 9.05 Å². The van der Waals surface area contributed by atoms with Gasteiger partial charge in [-0.25, -0.2) is 4.57 Å². The Labute approximate surface area is 317 Å². The lowest BCUT2D eigenvalue weighted by molar-refractivity contribution is -0.870. The molecule has 51 heavy (non-hydrogen) atoms. The molecule has 0 aromatic heterocycles. The third kappa shape index (κ3) is 37.6. The van der Waals surface area contributed by atoms with Crippen LogP contribution in [0.25, 0.3) is 0 Å². The fraction of sp³-hybridized carbons (Fsp3) is 0.976. The average Bonchev–Trinajstić information content (AvgIpc) is 3.07. The summed E-state index contributed by atoms with van der Waals surface area (Å²) in [5.41, 5.74) is 0. The van der Waals surface area contributed by atoms with Gasteiger partial charge in [0, 0.05) is 6.42 Å². The molecule has 0 radical (unpaired) electrons. The number of hydrogen-bond donors (Lipinski definition) is 3. The zero-order chi connectivity index (χ0) is 37.9. The summed E-state index contributed by atoms with van der Waals surface area (Å²) in [6, 6.07) is -0.751. The molecule has 0 fully saturated rings. The molecule has 0 spiro atoms. The van der Waals surface area contributed by atoms with Crippen molar-refractivity contribution in [1.82, 2.24) is 5.32 Å². The van der Waals surface area contributed by atoms with Crippen LogP contribution in [0.4, 0.5) is 0 Å². The molecule has 8 nitrogen and oxygen atoms in total. The van der Waals surface area contributed by atoms with E-state index in [1.807, 2.05) is 21.1 Å². The van der Waals surface area contributed by atoms with Crippen molar-refractivity contribution in [1.29, 1.82) is 0 Å². The number of hydrogen-bond acceptors (Lipinski definition) is 5. The summed E-state index contributed by atoms with van der Waals surface area (Å²) >= 11 is 0. The fourth-order valence-corrected chi connectivity index (χ4v) is 7.31. The normalized spacial score (nSPS) is 14.4. The molecular formula is C42H88N2O6P+. The number of phosphoric ester groups is 1. The van der Waals surface area contributed by atoms with Crippen LogP contribution in [0.5, 0.6) is 0 Å². The van der Waals surface area contributed by atoms with Crippen LogP contribution in [0.15, 0.2) is 0 Å². The second-order valence-corrected chi connectivity index (χ2v) is 17.9. The van der Waals surface area contributed by atoms with Crippen molar-refractivity contribution >= 4 is 13.7 Å². The Kier molecular flexibility index (Phi) is 34.9. The largest absolute Gasteiger partial charge is 0.472 e. The molecule has 0 aromatic rings. The molecule has 3 unspecified atom stereocenters. The summed E-state index contributed by atoms with van der Waals surface area (Å²) in [6.07, 6.45) is 37.2. The molecule has 306 valence electrons. The van der Waals surface area contributed by atoms with Crippen LogP contribution >= 0.6 is 7.82 Å². The number of carbonyl (C=O) groups excluding carboxylic acids is 1. The van der Waals surface area contributed by atoms with E-state index in [9.17, 15) is 19.4 Å². The minimum absolute atomic E-state index is 0.0780. The highest BCUT2D eigenvalue weighted by molar-refractivity contribution is 7.47. The molecule has 3 atom stereocenters. The minimum atomic E-state index is -4.30. The van der Waals surface area contributed by atoms with E-state index in [0.717, 1.165) is 38.5 Å². The summed E-state index contributed by atoms with van der Waals surface area (Å²) in [5.74, 6) is -0.149. The Hall–Kier alpha value is -0.500. The number of rotatable bonds is 40. The standard InChI is InChI=1S/C42H87N2O6P/c1-6-8-10-12-14-15-16-17-18-19-20-21-22-23-24-25-26-27-28-30-31-33-35-41(45)40(39-50-51(47,48)49-38-37-44(3,4)5)43-42(46)36-34-32-29-13-11-9-7-2/h40-41,45H,6-39H2,1-5H3,(H-,43,46,47,48)/p+1. The van der Waals surface area contributed by atoms with Gasteiger partial charge >= 0.3 is 7.82 Å². The van der Waals surface area contributed by atoms with E-state index in [2.05, 4.69) is 19.2 Å². The number of unbranched alkanes of at least 4 members (excludes halogenated alkanes) is 27. The molecule has 0 heterocycles. The Morgan fingerprint density at radius 1 is 0.588 bits per heavy atom. The maximum Gasteiger partial charge on any atom is 0.472 e. The van der Waals surface area contributed by atoms with E-state index in [0.29, 0.717) is 23.9 Å². The first kappa shape index (κ1) is 50.5. The Bertz CT molecular complexity index is 809. The molecule has 0 aromatic carbocycles. The lowest BCUT2D eigenvalue weighted by Gasteiger charge is -2.26. The third-order valence-corrected chi connectivity index (χ3v) is 11.1. The highest BCUT2D eigenvalue weighted by atomic mass is 31.2. The molecule has 0 saturated heterocycles. The van der Waals surface area contributed by atoms with Crippen molar-refractivity contribution in [2.24, 2.45) is 0 Å². The molecule has 0 rings (SSSR count). The van der Waals surface area contributed by atoms with Crippen LogP contribution < -0.4 is 5.32 Å². The van der Waals surface area contributed by atoms with E-state index >= 15 is 0 Å². The maximum atomic E-state index is 12.7. The van der Waals surface area contributed by atoms with E-state index in [-0.39, 0.29) is 19.1 Å². The molecule has 0 saturated carbocycles. The number of likely N-dealkylation sites (N-methyl/N-ethyl adjacent to an activating group) is 1. The first-order valence-corrected chi connectivity index (χ1v) is 23.4. The monoisotopic (exact) mass is 748 g/mol. The van der Waals surface area contributed by atoms with Gasteiger partial charge in [-0.05, 0) is 12.8 Å². The van der Waals surface area contributed by atoms with Gasteiger partial charge in [-0.3, -0.25) is 13.8 Å². The molecular weight excluding hydrogens is 659 g/mol. The van der Waals surface area contributed by atoms with Crippen molar-refractivity contribution in [3.8, 4) is 0 Å². The summed E-state index contributed by atoms with van der Waals surface area (Å²) in [5, 5.41) is 13.9. The van der Waals surface area contributed by atoms with Gasteiger partial charge in [-0.15, -0.1) is 0 Å². The van der Waals surface area contributed by atoms with Gasteiger partial charge in [0.05, 0.1) is 39.9 Å². The smallest absolute Gasteiger partial charge is 0.391 e. The number of amides is 1. The van der Waals surface area contributed by atoms with Crippen molar-refractivity contribution in [3.05, 3.63) is 0 Å². The van der Waals surface area contributed by atoms with E-state index < -0.39 is 20.0 Å². The summed E-state index contributed by atoms with van der Waals surface area (Å²) in [7, 11) is 1.62. The number of nitrogens with zero attached hydrogens (tertiary/aromatic N) is 1. The minimum Gasteiger partial charge on any atom is -0.391 e. The highest BCUT2D eigenvalue weighted by Crippen LogP contribution is 2.43. The van der Waals surface area contributed by atoms with Gasteiger partial charge in [-0.2, -0.15) is 0 Å². The molecule has 0 aliphatic carbocycles. The van der Waals surface area contributed by atoms with Crippen molar-refractivity contribution in [2.75, 3.05) is 40.9 Å². The molecule has 0 bridgehead atoms. The summed E-state index contributed by atoms with van der Waals surface area (Å²) < 4.78 is 23.5.